The number of amides is 1. The Hall–Kier alpha value is -2.04. The van der Waals surface area contributed by atoms with Crippen LogP contribution in [0.2, 0.25) is 0 Å². The number of benzene rings is 1. The van der Waals surface area contributed by atoms with E-state index < -0.39 is 12.1 Å². The van der Waals surface area contributed by atoms with Crippen LogP contribution in [0.5, 0.6) is 0 Å². The van der Waals surface area contributed by atoms with Gasteiger partial charge >= 0.3 is 12.1 Å². The maximum atomic E-state index is 11.7. The van der Waals surface area contributed by atoms with Gasteiger partial charge in [-0.3, -0.25) is 4.79 Å². The SMILES string of the molecule is O=C(O)[C@@H]1[C@H]2CN(C(=O)OCc3ccccc3)[C@H]21. The van der Waals surface area contributed by atoms with Crippen molar-refractivity contribution in [1.82, 2.24) is 4.90 Å². The minimum Gasteiger partial charge on any atom is -0.481 e. The van der Waals surface area contributed by atoms with Crippen LogP contribution in [0.4, 0.5) is 4.79 Å². The first-order valence-electron chi connectivity index (χ1n) is 5.88. The van der Waals surface area contributed by atoms with Crippen LogP contribution in [0.3, 0.4) is 0 Å². The highest BCUT2D eigenvalue weighted by Crippen LogP contribution is 2.52. The second-order valence-corrected chi connectivity index (χ2v) is 4.71. The Morgan fingerprint density at radius 2 is 2.06 bits per heavy atom. The van der Waals surface area contributed by atoms with Crippen molar-refractivity contribution in [3.8, 4) is 0 Å². The van der Waals surface area contributed by atoms with Crippen LogP contribution in [-0.4, -0.2) is 34.7 Å². The number of fused-ring (bicyclic) bond motifs is 1. The molecule has 1 aliphatic heterocycles. The van der Waals surface area contributed by atoms with E-state index >= 15 is 0 Å². The molecule has 5 nitrogen and oxygen atoms in total. The standard InChI is InChI=1S/C13H13NO4/c15-12(16)10-9-6-14(11(9)10)13(17)18-7-8-4-2-1-3-5-8/h1-5,9-11H,6-7H2,(H,15,16)/t9-,10-,11-/m1/s1. The summed E-state index contributed by atoms with van der Waals surface area (Å²) in [4.78, 5) is 24.0. The fraction of sp³-hybridized carbons (Fsp3) is 0.385. The van der Waals surface area contributed by atoms with E-state index in [0.717, 1.165) is 5.56 Å². The number of hydrogen-bond acceptors (Lipinski definition) is 3. The van der Waals surface area contributed by atoms with Gasteiger partial charge in [0.15, 0.2) is 0 Å². The highest BCUT2D eigenvalue weighted by Gasteiger charge is 2.68. The van der Waals surface area contributed by atoms with Crippen molar-refractivity contribution in [2.75, 3.05) is 6.54 Å². The molecular formula is C13H13NO4. The molecule has 1 aliphatic carbocycles. The maximum absolute atomic E-state index is 11.7. The Morgan fingerprint density at radius 1 is 1.33 bits per heavy atom. The molecule has 1 aromatic carbocycles. The van der Waals surface area contributed by atoms with Crippen LogP contribution in [-0.2, 0) is 16.1 Å². The molecule has 0 spiro atoms. The Bertz CT molecular complexity index is 487. The molecule has 0 bridgehead atoms. The summed E-state index contributed by atoms with van der Waals surface area (Å²) < 4.78 is 5.15. The number of ether oxygens (including phenoxy) is 1. The number of carbonyl (C=O) groups excluding carboxylic acids is 1. The molecule has 1 amide bonds. The molecule has 1 saturated heterocycles. The molecule has 0 unspecified atom stereocenters. The molecule has 1 N–H and O–H groups in total. The highest BCUT2D eigenvalue weighted by atomic mass is 16.6. The first-order valence-corrected chi connectivity index (χ1v) is 5.88. The van der Waals surface area contributed by atoms with Gasteiger partial charge in [0.25, 0.3) is 0 Å². The van der Waals surface area contributed by atoms with E-state index in [-0.39, 0.29) is 24.5 Å². The average molecular weight is 247 g/mol. The number of carboxylic acids is 1. The van der Waals surface area contributed by atoms with E-state index in [0.29, 0.717) is 6.54 Å². The minimum atomic E-state index is -0.816. The number of nitrogens with zero attached hydrogens (tertiary/aromatic N) is 1. The average Bonchev–Trinajstić information content (AvgIpc) is 2.93. The van der Waals surface area contributed by atoms with Crippen LogP contribution in [0, 0.1) is 11.8 Å². The van der Waals surface area contributed by atoms with Gasteiger partial charge in [-0.15, -0.1) is 0 Å². The zero-order valence-corrected chi connectivity index (χ0v) is 9.65. The lowest BCUT2D eigenvalue weighted by Crippen LogP contribution is -2.44. The summed E-state index contributed by atoms with van der Waals surface area (Å²) in [6.45, 7) is 0.737. The lowest BCUT2D eigenvalue weighted by molar-refractivity contribution is -0.138. The van der Waals surface area contributed by atoms with Crippen molar-refractivity contribution in [3.05, 3.63) is 35.9 Å². The van der Waals surface area contributed by atoms with Crippen molar-refractivity contribution in [3.63, 3.8) is 0 Å². The summed E-state index contributed by atoms with van der Waals surface area (Å²) in [5.41, 5.74) is 0.925. The van der Waals surface area contributed by atoms with E-state index in [2.05, 4.69) is 0 Å². The molecule has 2 aliphatic rings. The molecule has 0 radical (unpaired) electrons. The van der Waals surface area contributed by atoms with Gasteiger partial charge in [0.2, 0.25) is 0 Å². The topological polar surface area (TPSA) is 66.8 Å². The zero-order chi connectivity index (χ0) is 12.7. The summed E-state index contributed by atoms with van der Waals surface area (Å²) in [6, 6.07) is 9.28. The van der Waals surface area contributed by atoms with Gasteiger partial charge in [0, 0.05) is 12.5 Å². The number of likely N-dealkylation sites (tertiary alicyclic amines) is 1. The largest absolute Gasteiger partial charge is 0.481 e. The monoisotopic (exact) mass is 247 g/mol. The summed E-state index contributed by atoms with van der Waals surface area (Å²) in [7, 11) is 0. The van der Waals surface area contributed by atoms with Gasteiger partial charge in [-0.1, -0.05) is 30.3 Å². The molecule has 0 aromatic heterocycles. The van der Waals surface area contributed by atoms with Crippen molar-refractivity contribution >= 4 is 12.1 Å². The zero-order valence-electron chi connectivity index (χ0n) is 9.65. The molecule has 1 saturated carbocycles. The smallest absolute Gasteiger partial charge is 0.410 e. The third-order valence-corrected chi connectivity index (χ3v) is 3.62. The van der Waals surface area contributed by atoms with Crippen molar-refractivity contribution in [2.45, 2.75) is 12.6 Å². The Balaban J connectivity index is 1.51. The van der Waals surface area contributed by atoms with Gasteiger partial charge in [-0.05, 0) is 5.56 Å². The molecule has 1 aromatic rings. The molecule has 1 heterocycles. The molecule has 3 atom stereocenters. The molecule has 94 valence electrons. The molecular weight excluding hydrogens is 234 g/mol. The van der Waals surface area contributed by atoms with Crippen LogP contribution in [0.1, 0.15) is 5.56 Å². The van der Waals surface area contributed by atoms with Crippen LogP contribution in [0.25, 0.3) is 0 Å². The predicted octanol–water partition coefficient (Wildman–Crippen LogP) is 1.34. The quantitative estimate of drug-likeness (QED) is 0.875. The van der Waals surface area contributed by atoms with E-state index in [1.54, 1.807) is 0 Å². The third-order valence-electron chi connectivity index (χ3n) is 3.62. The van der Waals surface area contributed by atoms with Gasteiger partial charge in [0.05, 0.1) is 12.0 Å². The fourth-order valence-electron chi connectivity index (χ4n) is 2.54. The predicted molar refractivity (Wildman–Crippen MR) is 61.7 cm³/mol. The molecule has 2 fully saturated rings. The van der Waals surface area contributed by atoms with Gasteiger partial charge in [-0.2, -0.15) is 0 Å². The van der Waals surface area contributed by atoms with E-state index in [4.69, 9.17) is 9.84 Å². The first-order chi connectivity index (χ1) is 8.68. The number of hydrogen-bond donors (Lipinski definition) is 1. The normalized spacial score (nSPS) is 28.0. The second kappa shape index (κ2) is 4.01. The van der Waals surface area contributed by atoms with Crippen LogP contribution in [0.15, 0.2) is 30.3 Å². The van der Waals surface area contributed by atoms with Crippen molar-refractivity contribution < 1.29 is 19.4 Å². The first kappa shape index (κ1) is 11.1. The summed E-state index contributed by atoms with van der Waals surface area (Å²) in [6.07, 6.45) is -0.413. The summed E-state index contributed by atoms with van der Waals surface area (Å²) >= 11 is 0. The van der Waals surface area contributed by atoms with E-state index in [9.17, 15) is 9.59 Å². The molecule has 5 heteroatoms. The van der Waals surface area contributed by atoms with Crippen molar-refractivity contribution in [1.29, 1.82) is 0 Å². The number of rotatable bonds is 3. The lowest BCUT2D eigenvalue weighted by atomic mass is 10.2. The van der Waals surface area contributed by atoms with Gasteiger partial charge in [-0.25, -0.2) is 4.79 Å². The van der Waals surface area contributed by atoms with Gasteiger partial charge in [0.1, 0.15) is 6.61 Å². The number of carboxylic acid groups (broad SMARTS) is 1. The van der Waals surface area contributed by atoms with E-state index in [1.165, 1.54) is 4.90 Å². The summed E-state index contributed by atoms with van der Waals surface area (Å²) in [5, 5.41) is 8.86. The Labute approximate surface area is 104 Å². The number of carbonyl (C=O) groups is 2. The lowest BCUT2D eigenvalue weighted by Gasteiger charge is -2.28. The number of aliphatic carboxylic acids is 1. The van der Waals surface area contributed by atoms with Gasteiger partial charge < -0.3 is 14.7 Å². The van der Waals surface area contributed by atoms with Crippen molar-refractivity contribution in [2.24, 2.45) is 11.8 Å². The minimum absolute atomic E-state index is 0.134. The fourth-order valence-corrected chi connectivity index (χ4v) is 2.54. The third kappa shape index (κ3) is 1.72. The summed E-state index contributed by atoms with van der Waals surface area (Å²) in [5.74, 6) is -1.05. The Kier molecular flexibility index (Phi) is 2.47. The second-order valence-electron chi connectivity index (χ2n) is 4.71. The molecule has 18 heavy (non-hydrogen) atoms. The molecule has 3 rings (SSSR count). The Morgan fingerprint density at radius 3 is 2.67 bits per heavy atom. The van der Waals surface area contributed by atoms with E-state index in [1.807, 2.05) is 30.3 Å². The maximum Gasteiger partial charge on any atom is 0.410 e. The van der Waals surface area contributed by atoms with Crippen LogP contribution < -0.4 is 0 Å². The van der Waals surface area contributed by atoms with Crippen LogP contribution >= 0.6 is 0 Å². The highest BCUT2D eigenvalue weighted by molar-refractivity contribution is 5.80.